The molecule has 1 saturated heterocycles. The monoisotopic (exact) mass is 297 g/mol. The number of anilines is 1. The molecule has 0 spiro atoms. The van der Waals surface area contributed by atoms with Gasteiger partial charge in [-0.05, 0) is 31.9 Å². The first-order valence-corrected chi connectivity index (χ1v) is 7.43. The van der Waals surface area contributed by atoms with Gasteiger partial charge in [0.05, 0.1) is 9.95 Å². The minimum Gasteiger partial charge on any atom is -0.361 e. The van der Waals surface area contributed by atoms with Crippen molar-refractivity contribution < 1.29 is 4.92 Å². The molecule has 0 saturated carbocycles. The molecule has 1 fully saturated rings. The summed E-state index contributed by atoms with van der Waals surface area (Å²) in [7, 11) is 0. The summed E-state index contributed by atoms with van der Waals surface area (Å²) in [5.74, 6) is 0. The molecule has 20 heavy (non-hydrogen) atoms. The number of piperidine rings is 1. The van der Waals surface area contributed by atoms with Crippen LogP contribution in [0.2, 0.25) is 5.02 Å². The molecule has 0 amide bonds. The van der Waals surface area contributed by atoms with E-state index in [2.05, 4.69) is 17.1 Å². The highest BCUT2D eigenvalue weighted by atomic mass is 35.5. The number of hydrogen-bond donors (Lipinski definition) is 1. The molecule has 1 aliphatic rings. The molecule has 2 rings (SSSR count). The number of hydrogen-bond acceptors (Lipinski definition) is 4. The molecule has 0 aromatic heterocycles. The van der Waals surface area contributed by atoms with Crippen LogP contribution in [0.4, 0.5) is 11.4 Å². The number of benzene rings is 1. The van der Waals surface area contributed by atoms with E-state index in [0.717, 1.165) is 38.9 Å². The van der Waals surface area contributed by atoms with Crippen molar-refractivity contribution in [2.24, 2.45) is 0 Å². The topological polar surface area (TPSA) is 58.4 Å². The Labute approximate surface area is 124 Å². The Balaban J connectivity index is 2.39. The number of nitrogens with zero attached hydrogens (tertiary/aromatic N) is 2. The van der Waals surface area contributed by atoms with Crippen molar-refractivity contribution in [3.8, 4) is 0 Å². The molecule has 110 valence electrons. The summed E-state index contributed by atoms with van der Waals surface area (Å²) in [5, 5.41) is 15.1. The number of para-hydroxylation sites is 1. The van der Waals surface area contributed by atoms with Gasteiger partial charge in [0, 0.05) is 25.2 Å². The Morgan fingerprint density at radius 3 is 2.95 bits per heavy atom. The van der Waals surface area contributed by atoms with Crippen LogP contribution in [0.25, 0.3) is 0 Å². The van der Waals surface area contributed by atoms with Gasteiger partial charge in [-0.1, -0.05) is 24.6 Å². The van der Waals surface area contributed by atoms with Crippen LogP contribution in [0, 0.1) is 10.1 Å². The van der Waals surface area contributed by atoms with Gasteiger partial charge in [-0.15, -0.1) is 0 Å². The molecule has 1 aliphatic heterocycles. The second-order valence-corrected chi connectivity index (χ2v) is 5.47. The molecule has 6 heteroatoms. The van der Waals surface area contributed by atoms with Gasteiger partial charge in [-0.25, -0.2) is 0 Å². The van der Waals surface area contributed by atoms with Crippen molar-refractivity contribution in [1.82, 2.24) is 5.32 Å². The summed E-state index contributed by atoms with van der Waals surface area (Å²) in [5.41, 5.74) is 0.659. The number of nitro benzene ring substituents is 1. The molecule has 1 atom stereocenters. The molecule has 0 aliphatic carbocycles. The average molecular weight is 298 g/mol. The Morgan fingerprint density at radius 1 is 1.55 bits per heavy atom. The number of nitro groups is 1. The Bertz CT molecular complexity index is 475. The van der Waals surface area contributed by atoms with Crippen molar-refractivity contribution in [3.63, 3.8) is 0 Å². The van der Waals surface area contributed by atoms with Gasteiger partial charge in [-0.3, -0.25) is 10.1 Å². The quantitative estimate of drug-likeness (QED) is 0.670. The third kappa shape index (κ3) is 3.22. The van der Waals surface area contributed by atoms with Gasteiger partial charge in [0.1, 0.15) is 5.69 Å². The second-order valence-electron chi connectivity index (χ2n) is 5.06. The van der Waals surface area contributed by atoms with Crippen LogP contribution in [-0.4, -0.2) is 30.6 Å². The summed E-state index contributed by atoms with van der Waals surface area (Å²) >= 11 is 6.26. The predicted octanol–water partition coefficient (Wildman–Crippen LogP) is 3.22. The molecule has 1 unspecified atom stereocenters. The lowest BCUT2D eigenvalue weighted by molar-refractivity contribution is -0.384. The van der Waals surface area contributed by atoms with Crippen molar-refractivity contribution in [3.05, 3.63) is 33.3 Å². The third-order valence-electron chi connectivity index (χ3n) is 3.63. The highest BCUT2D eigenvalue weighted by Crippen LogP contribution is 2.37. The van der Waals surface area contributed by atoms with E-state index in [0.29, 0.717) is 10.7 Å². The molecule has 1 aromatic rings. The fourth-order valence-corrected chi connectivity index (χ4v) is 3.03. The summed E-state index contributed by atoms with van der Waals surface area (Å²) in [4.78, 5) is 13.0. The molecule has 5 nitrogen and oxygen atoms in total. The first kappa shape index (κ1) is 15.1. The van der Waals surface area contributed by atoms with Crippen LogP contribution in [0.1, 0.15) is 26.2 Å². The first-order valence-electron chi connectivity index (χ1n) is 7.05. The van der Waals surface area contributed by atoms with E-state index in [1.807, 2.05) is 0 Å². The number of halogens is 1. The van der Waals surface area contributed by atoms with Gasteiger partial charge in [0.25, 0.3) is 5.69 Å². The SMILES string of the molecule is CCCN(c1c(Cl)cccc1[N+](=O)[O-])C1CCCNC1. The van der Waals surface area contributed by atoms with E-state index in [1.54, 1.807) is 12.1 Å². The lowest BCUT2D eigenvalue weighted by Gasteiger charge is -2.36. The Hall–Kier alpha value is -1.33. The van der Waals surface area contributed by atoms with Crippen molar-refractivity contribution in [1.29, 1.82) is 0 Å². The standard InChI is InChI=1S/C14H20ClN3O2/c1-2-9-17(11-5-4-8-16-10-11)14-12(15)6-3-7-13(14)18(19)20/h3,6-7,11,16H,2,4-5,8-10H2,1H3. The average Bonchev–Trinajstić information content (AvgIpc) is 2.46. The zero-order valence-corrected chi connectivity index (χ0v) is 12.4. The van der Waals surface area contributed by atoms with Gasteiger partial charge < -0.3 is 10.2 Å². The van der Waals surface area contributed by atoms with E-state index in [4.69, 9.17) is 11.6 Å². The number of rotatable bonds is 5. The summed E-state index contributed by atoms with van der Waals surface area (Å²) in [6, 6.07) is 5.15. The van der Waals surface area contributed by atoms with Crippen molar-refractivity contribution >= 4 is 23.0 Å². The van der Waals surface area contributed by atoms with E-state index in [9.17, 15) is 10.1 Å². The largest absolute Gasteiger partial charge is 0.361 e. The highest BCUT2D eigenvalue weighted by Gasteiger charge is 2.28. The lowest BCUT2D eigenvalue weighted by Crippen LogP contribution is -2.46. The Kier molecular flexibility index (Phi) is 5.20. The van der Waals surface area contributed by atoms with Gasteiger partial charge in [0.15, 0.2) is 0 Å². The Morgan fingerprint density at radius 2 is 2.35 bits per heavy atom. The maximum Gasteiger partial charge on any atom is 0.294 e. The van der Waals surface area contributed by atoms with E-state index < -0.39 is 0 Å². The van der Waals surface area contributed by atoms with Crippen LogP contribution in [0.15, 0.2) is 18.2 Å². The molecular formula is C14H20ClN3O2. The third-order valence-corrected chi connectivity index (χ3v) is 3.93. The predicted molar refractivity (Wildman–Crippen MR) is 81.6 cm³/mol. The van der Waals surface area contributed by atoms with Crippen LogP contribution >= 0.6 is 11.6 Å². The molecular weight excluding hydrogens is 278 g/mol. The highest BCUT2D eigenvalue weighted by molar-refractivity contribution is 6.33. The molecule has 1 aromatic carbocycles. The summed E-state index contributed by atoms with van der Waals surface area (Å²) < 4.78 is 0. The molecule has 0 bridgehead atoms. The van der Waals surface area contributed by atoms with Crippen LogP contribution in [-0.2, 0) is 0 Å². The minimum atomic E-state index is -0.347. The molecule has 0 radical (unpaired) electrons. The zero-order chi connectivity index (χ0) is 14.5. The summed E-state index contributed by atoms with van der Waals surface area (Å²) in [6.45, 7) is 4.71. The van der Waals surface area contributed by atoms with Gasteiger partial charge in [-0.2, -0.15) is 0 Å². The number of nitrogens with one attached hydrogen (secondary N) is 1. The zero-order valence-electron chi connectivity index (χ0n) is 11.6. The van der Waals surface area contributed by atoms with Crippen LogP contribution in [0.3, 0.4) is 0 Å². The fraction of sp³-hybridized carbons (Fsp3) is 0.571. The first-order chi connectivity index (χ1) is 9.65. The van der Waals surface area contributed by atoms with E-state index >= 15 is 0 Å². The fourth-order valence-electron chi connectivity index (χ4n) is 2.75. The maximum absolute atomic E-state index is 11.3. The molecule has 1 N–H and O–H groups in total. The second kappa shape index (κ2) is 6.90. The lowest BCUT2D eigenvalue weighted by atomic mass is 10.0. The smallest absolute Gasteiger partial charge is 0.294 e. The van der Waals surface area contributed by atoms with Gasteiger partial charge >= 0.3 is 0 Å². The van der Waals surface area contributed by atoms with Gasteiger partial charge in [0.2, 0.25) is 0 Å². The van der Waals surface area contributed by atoms with Crippen molar-refractivity contribution in [2.45, 2.75) is 32.2 Å². The molecule has 1 heterocycles. The minimum absolute atomic E-state index is 0.0940. The van der Waals surface area contributed by atoms with Crippen molar-refractivity contribution in [2.75, 3.05) is 24.5 Å². The summed E-state index contributed by atoms with van der Waals surface area (Å²) in [6.07, 6.45) is 3.05. The van der Waals surface area contributed by atoms with Crippen LogP contribution < -0.4 is 10.2 Å². The van der Waals surface area contributed by atoms with Crippen LogP contribution in [0.5, 0.6) is 0 Å². The van der Waals surface area contributed by atoms with E-state index in [1.165, 1.54) is 6.07 Å². The van der Waals surface area contributed by atoms with E-state index in [-0.39, 0.29) is 16.7 Å². The normalized spacial score (nSPS) is 18.8. The maximum atomic E-state index is 11.3.